The highest BCUT2D eigenvalue weighted by Gasteiger charge is 2.19. The Bertz CT molecular complexity index is 1100. The fourth-order valence-electron chi connectivity index (χ4n) is 3.70. The lowest BCUT2D eigenvalue weighted by Gasteiger charge is -2.20. The number of halogens is 1. The third kappa shape index (κ3) is 3.19. The Morgan fingerprint density at radius 2 is 1.85 bits per heavy atom. The van der Waals surface area contributed by atoms with Gasteiger partial charge in [-0.15, -0.1) is 0 Å². The van der Waals surface area contributed by atoms with E-state index in [-0.39, 0.29) is 10.9 Å². The molecule has 4 rings (SSSR count). The summed E-state index contributed by atoms with van der Waals surface area (Å²) >= 11 is 0. The molecule has 0 N–H and O–H groups in total. The average molecular weight is 361 g/mol. The fourth-order valence-corrected chi connectivity index (χ4v) is 3.70. The lowest BCUT2D eigenvalue weighted by molar-refractivity contribution is 0.624. The van der Waals surface area contributed by atoms with Gasteiger partial charge in [0.25, 0.3) is 0 Å². The van der Waals surface area contributed by atoms with E-state index in [4.69, 9.17) is 0 Å². The zero-order valence-corrected chi connectivity index (χ0v) is 15.2. The molecule has 2 aromatic carbocycles. The average Bonchev–Trinajstić information content (AvgIpc) is 3.20. The predicted molar refractivity (Wildman–Crippen MR) is 105 cm³/mol. The number of aromatic nitrogens is 1. The van der Waals surface area contributed by atoms with Gasteiger partial charge in [0.1, 0.15) is 17.4 Å². The van der Waals surface area contributed by atoms with Crippen LogP contribution in [0.2, 0.25) is 0 Å². The van der Waals surface area contributed by atoms with E-state index < -0.39 is 11.2 Å². The third-order valence-electron chi connectivity index (χ3n) is 5.19. The minimum atomic E-state index is -0.417. The van der Waals surface area contributed by atoms with Crippen molar-refractivity contribution in [2.24, 2.45) is 0 Å². The van der Waals surface area contributed by atoms with Gasteiger partial charge in [0.05, 0.1) is 16.6 Å². The molecule has 4 nitrogen and oxygen atoms in total. The summed E-state index contributed by atoms with van der Waals surface area (Å²) in [7, 11) is 0. The van der Waals surface area contributed by atoms with Crippen LogP contribution in [0, 0.1) is 24.1 Å². The number of nitrogens with zero attached hydrogens (tertiary/aromatic N) is 3. The zero-order chi connectivity index (χ0) is 19.0. The Morgan fingerprint density at radius 1 is 1.15 bits per heavy atom. The van der Waals surface area contributed by atoms with Gasteiger partial charge in [-0.05, 0) is 37.5 Å². The van der Waals surface area contributed by atoms with Crippen molar-refractivity contribution in [2.75, 3.05) is 18.0 Å². The molecular weight excluding hydrogens is 341 g/mol. The van der Waals surface area contributed by atoms with E-state index in [9.17, 15) is 14.4 Å². The molecule has 0 unspecified atom stereocenters. The lowest BCUT2D eigenvalue weighted by Crippen LogP contribution is -2.20. The first kappa shape index (κ1) is 17.3. The largest absolute Gasteiger partial charge is 0.369 e. The SMILES string of the molecule is Cc1ccc(Cn2cc(C#N)c(=O)c3cc(F)c(N4CCCC4)cc32)cc1. The molecule has 2 heterocycles. The summed E-state index contributed by atoms with van der Waals surface area (Å²) < 4.78 is 16.6. The maximum Gasteiger partial charge on any atom is 0.207 e. The van der Waals surface area contributed by atoms with Gasteiger partial charge in [-0.25, -0.2) is 4.39 Å². The first-order chi connectivity index (χ1) is 13.1. The summed E-state index contributed by atoms with van der Waals surface area (Å²) in [6.07, 6.45) is 3.66. The molecule has 0 aliphatic carbocycles. The van der Waals surface area contributed by atoms with Crippen LogP contribution in [0.1, 0.15) is 29.5 Å². The van der Waals surface area contributed by atoms with Crippen molar-refractivity contribution < 1.29 is 4.39 Å². The van der Waals surface area contributed by atoms with Crippen molar-refractivity contribution >= 4 is 16.6 Å². The molecule has 5 heteroatoms. The van der Waals surface area contributed by atoms with Gasteiger partial charge in [0, 0.05) is 25.8 Å². The Balaban J connectivity index is 1.91. The van der Waals surface area contributed by atoms with Crippen LogP contribution >= 0.6 is 0 Å². The second kappa shape index (κ2) is 6.88. The van der Waals surface area contributed by atoms with Crippen LogP contribution in [-0.4, -0.2) is 17.7 Å². The van der Waals surface area contributed by atoms with Crippen LogP contribution in [0.3, 0.4) is 0 Å². The van der Waals surface area contributed by atoms with Gasteiger partial charge in [-0.3, -0.25) is 4.79 Å². The molecule has 0 saturated carbocycles. The summed E-state index contributed by atoms with van der Waals surface area (Å²) in [5.41, 5.74) is 3.02. The molecule has 1 aliphatic heterocycles. The molecule has 0 radical (unpaired) electrons. The second-order valence-corrected chi connectivity index (χ2v) is 7.11. The van der Waals surface area contributed by atoms with Gasteiger partial charge in [0.2, 0.25) is 5.43 Å². The van der Waals surface area contributed by atoms with Crippen molar-refractivity contribution in [2.45, 2.75) is 26.3 Å². The number of fused-ring (bicyclic) bond motifs is 1. The maximum atomic E-state index is 14.7. The molecule has 1 aromatic heterocycles. The molecule has 0 amide bonds. The summed E-state index contributed by atoms with van der Waals surface area (Å²) in [6, 6.07) is 13.1. The highest BCUT2D eigenvalue weighted by atomic mass is 19.1. The number of pyridine rings is 1. The Labute approximate surface area is 157 Å². The molecule has 1 aliphatic rings. The molecule has 0 bridgehead atoms. The normalized spacial score (nSPS) is 13.9. The monoisotopic (exact) mass is 361 g/mol. The molecule has 0 atom stereocenters. The van der Waals surface area contributed by atoms with E-state index in [0.717, 1.165) is 31.5 Å². The van der Waals surface area contributed by atoms with Gasteiger partial charge < -0.3 is 9.47 Å². The molecule has 136 valence electrons. The number of rotatable bonds is 3. The van der Waals surface area contributed by atoms with Crippen LogP contribution in [-0.2, 0) is 6.54 Å². The van der Waals surface area contributed by atoms with Crippen LogP contribution < -0.4 is 10.3 Å². The number of nitriles is 1. The molecular formula is C22H20FN3O. The van der Waals surface area contributed by atoms with Gasteiger partial charge in [-0.2, -0.15) is 5.26 Å². The van der Waals surface area contributed by atoms with Crippen LogP contribution in [0.25, 0.3) is 10.9 Å². The van der Waals surface area contributed by atoms with Gasteiger partial charge >= 0.3 is 0 Å². The Morgan fingerprint density at radius 3 is 2.52 bits per heavy atom. The van der Waals surface area contributed by atoms with Crippen LogP contribution in [0.5, 0.6) is 0 Å². The first-order valence-corrected chi connectivity index (χ1v) is 9.14. The van der Waals surface area contributed by atoms with Crippen molar-refractivity contribution in [3.63, 3.8) is 0 Å². The summed E-state index contributed by atoms with van der Waals surface area (Å²) in [6.45, 7) is 4.18. The van der Waals surface area contributed by atoms with Crippen molar-refractivity contribution in [3.05, 3.63) is 75.3 Å². The molecule has 1 fully saturated rings. The number of hydrogen-bond donors (Lipinski definition) is 0. The second-order valence-electron chi connectivity index (χ2n) is 7.11. The summed E-state index contributed by atoms with van der Waals surface area (Å²) in [4.78, 5) is 14.6. The smallest absolute Gasteiger partial charge is 0.207 e. The number of aryl methyl sites for hydroxylation is 1. The van der Waals surface area contributed by atoms with Crippen molar-refractivity contribution in [1.29, 1.82) is 5.26 Å². The summed E-state index contributed by atoms with van der Waals surface area (Å²) in [5, 5.41) is 9.59. The first-order valence-electron chi connectivity index (χ1n) is 9.14. The molecule has 27 heavy (non-hydrogen) atoms. The van der Waals surface area contributed by atoms with Crippen molar-refractivity contribution in [3.8, 4) is 6.07 Å². The summed E-state index contributed by atoms with van der Waals surface area (Å²) in [5.74, 6) is -0.404. The molecule has 0 spiro atoms. The van der Waals surface area contributed by atoms with E-state index in [0.29, 0.717) is 17.7 Å². The van der Waals surface area contributed by atoms with Crippen molar-refractivity contribution in [1.82, 2.24) is 4.57 Å². The van der Waals surface area contributed by atoms with Gasteiger partial charge in [-0.1, -0.05) is 29.8 Å². The molecule has 1 saturated heterocycles. The van der Waals surface area contributed by atoms with E-state index in [2.05, 4.69) is 0 Å². The highest BCUT2D eigenvalue weighted by molar-refractivity contribution is 5.84. The Kier molecular flexibility index (Phi) is 4.41. The number of benzene rings is 2. The quantitative estimate of drug-likeness (QED) is 0.709. The zero-order valence-electron chi connectivity index (χ0n) is 15.2. The van der Waals surface area contributed by atoms with Crippen LogP contribution in [0.15, 0.2) is 47.4 Å². The minimum absolute atomic E-state index is 0.0305. The van der Waals surface area contributed by atoms with E-state index >= 15 is 0 Å². The van der Waals surface area contributed by atoms with Gasteiger partial charge in [0.15, 0.2) is 0 Å². The highest BCUT2D eigenvalue weighted by Crippen LogP contribution is 2.28. The maximum absolute atomic E-state index is 14.7. The predicted octanol–water partition coefficient (Wildman–Crippen LogP) is 3.97. The lowest BCUT2D eigenvalue weighted by atomic mass is 10.1. The van der Waals surface area contributed by atoms with E-state index in [1.165, 1.54) is 11.6 Å². The van der Waals surface area contributed by atoms with Crippen LogP contribution in [0.4, 0.5) is 10.1 Å². The molecule has 3 aromatic rings. The fraction of sp³-hybridized carbons (Fsp3) is 0.273. The van der Waals surface area contributed by atoms with E-state index in [1.807, 2.05) is 46.7 Å². The third-order valence-corrected chi connectivity index (χ3v) is 5.19. The number of hydrogen-bond acceptors (Lipinski definition) is 3. The minimum Gasteiger partial charge on any atom is -0.369 e. The van der Waals surface area contributed by atoms with E-state index in [1.54, 1.807) is 12.3 Å². The Hall–Kier alpha value is -3.13. The standard InChI is InChI=1S/C22H20FN3O/c1-15-4-6-16(7-5-15)13-26-14-17(12-24)22(27)18-10-19(23)21(11-20(18)26)25-8-2-3-9-25/h4-7,10-11,14H,2-3,8-9,13H2,1H3. The topological polar surface area (TPSA) is 49.0 Å². The number of anilines is 1.